The van der Waals surface area contributed by atoms with Crippen LogP contribution in [0.2, 0.25) is 10.0 Å². The molecular weight excluding hydrogens is 363 g/mol. The summed E-state index contributed by atoms with van der Waals surface area (Å²) >= 11 is 12.0. The predicted octanol–water partition coefficient (Wildman–Crippen LogP) is 5.46. The molecule has 4 N–H and O–H groups in total. The molecule has 0 amide bonds. The molecule has 0 aliphatic carbocycles. The maximum absolute atomic E-state index is 10.3. The molecule has 0 bridgehead atoms. The number of hydrogen-bond donors (Lipinski definition) is 4. The fourth-order valence-electron chi connectivity index (χ4n) is 2.77. The van der Waals surface area contributed by atoms with Crippen LogP contribution in [0.1, 0.15) is 5.56 Å². The van der Waals surface area contributed by atoms with Gasteiger partial charge in [-0.2, -0.15) is 0 Å². The summed E-state index contributed by atoms with van der Waals surface area (Å²) in [6.07, 6.45) is 0. The number of aryl methyl sites for hydroxylation is 1. The molecule has 3 aromatic carbocycles. The van der Waals surface area contributed by atoms with E-state index in [0.717, 1.165) is 17.7 Å². The predicted molar refractivity (Wildman–Crippen MR) is 98.7 cm³/mol. The van der Waals surface area contributed by atoms with Crippen LogP contribution in [-0.4, -0.2) is 20.4 Å². The van der Waals surface area contributed by atoms with Gasteiger partial charge in [0, 0.05) is 23.3 Å². The third kappa shape index (κ3) is 3.06. The van der Waals surface area contributed by atoms with Gasteiger partial charge in [0.05, 0.1) is 10.0 Å². The van der Waals surface area contributed by atoms with Crippen molar-refractivity contribution in [2.45, 2.75) is 6.92 Å². The van der Waals surface area contributed by atoms with Crippen molar-refractivity contribution in [1.29, 1.82) is 0 Å². The van der Waals surface area contributed by atoms with Crippen molar-refractivity contribution in [3.05, 3.63) is 58.1 Å². The Balaban J connectivity index is 2.34. The van der Waals surface area contributed by atoms with E-state index in [-0.39, 0.29) is 33.0 Å². The van der Waals surface area contributed by atoms with Gasteiger partial charge in [0.25, 0.3) is 0 Å². The Labute approximate surface area is 154 Å². The first-order valence-electron chi connectivity index (χ1n) is 7.33. The van der Waals surface area contributed by atoms with Gasteiger partial charge in [0.15, 0.2) is 0 Å². The summed E-state index contributed by atoms with van der Waals surface area (Å²) in [5.74, 6) is -0.763. The lowest BCUT2D eigenvalue weighted by molar-refractivity contribution is 0.450. The molecule has 0 aromatic heterocycles. The van der Waals surface area contributed by atoms with Gasteiger partial charge < -0.3 is 20.4 Å². The second-order valence-electron chi connectivity index (χ2n) is 5.64. The average molecular weight is 377 g/mol. The standard InChI is InChI=1S/C19H14Cl2O4/c1-9-3-2-4-10(11-5-13(20)17(24)7-15(11)22)19(9)12-6-14(21)18(25)8-16(12)23/h2-8,22-25H,1H3. The highest BCUT2D eigenvalue weighted by molar-refractivity contribution is 6.33. The Hall–Kier alpha value is -2.56. The fourth-order valence-corrected chi connectivity index (χ4v) is 3.09. The van der Waals surface area contributed by atoms with Crippen LogP contribution in [0.4, 0.5) is 0 Å². The van der Waals surface area contributed by atoms with Crippen LogP contribution >= 0.6 is 23.2 Å². The number of phenols is 4. The van der Waals surface area contributed by atoms with E-state index >= 15 is 0 Å². The molecule has 3 rings (SSSR count). The molecule has 3 aromatic rings. The van der Waals surface area contributed by atoms with Gasteiger partial charge in [0.2, 0.25) is 0 Å². The zero-order chi connectivity index (χ0) is 18.3. The molecule has 0 saturated heterocycles. The molecule has 0 unspecified atom stereocenters. The summed E-state index contributed by atoms with van der Waals surface area (Å²) in [6.45, 7) is 1.85. The van der Waals surface area contributed by atoms with Gasteiger partial charge >= 0.3 is 0 Å². The Bertz CT molecular complexity index is 984. The van der Waals surface area contributed by atoms with Gasteiger partial charge in [-0.1, -0.05) is 41.4 Å². The van der Waals surface area contributed by atoms with Crippen LogP contribution in [-0.2, 0) is 0 Å². The Morgan fingerprint density at radius 1 is 0.640 bits per heavy atom. The van der Waals surface area contributed by atoms with E-state index in [9.17, 15) is 20.4 Å². The van der Waals surface area contributed by atoms with E-state index in [1.807, 2.05) is 13.0 Å². The highest BCUT2D eigenvalue weighted by atomic mass is 35.5. The molecule has 4 nitrogen and oxygen atoms in total. The normalized spacial score (nSPS) is 10.8. The average Bonchev–Trinajstić information content (AvgIpc) is 2.55. The molecule has 6 heteroatoms. The van der Waals surface area contributed by atoms with Crippen molar-refractivity contribution in [3.8, 4) is 45.3 Å². The fraction of sp³-hybridized carbons (Fsp3) is 0.0526. The van der Waals surface area contributed by atoms with E-state index in [2.05, 4.69) is 0 Å². The van der Waals surface area contributed by atoms with E-state index in [1.165, 1.54) is 12.1 Å². The van der Waals surface area contributed by atoms with E-state index in [0.29, 0.717) is 22.3 Å². The molecule has 0 fully saturated rings. The first kappa shape index (κ1) is 17.3. The highest BCUT2D eigenvalue weighted by Crippen LogP contribution is 2.46. The van der Waals surface area contributed by atoms with Gasteiger partial charge in [0.1, 0.15) is 23.0 Å². The number of phenolic OH excluding ortho intramolecular Hbond substituents is 4. The first-order valence-corrected chi connectivity index (χ1v) is 8.08. The Morgan fingerprint density at radius 3 is 1.76 bits per heavy atom. The molecule has 0 aliphatic rings. The minimum atomic E-state index is -0.229. The van der Waals surface area contributed by atoms with Crippen molar-refractivity contribution in [3.63, 3.8) is 0 Å². The maximum atomic E-state index is 10.3. The molecule has 0 aliphatic heterocycles. The van der Waals surface area contributed by atoms with Crippen molar-refractivity contribution in [2.24, 2.45) is 0 Å². The number of hydrogen-bond acceptors (Lipinski definition) is 4. The van der Waals surface area contributed by atoms with Crippen LogP contribution in [0.25, 0.3) is 22.3 Å². The summed E-state index contributed by atoms with van der Waals surface area (Å²) < 4.78 is 0. The number of rotatable bonds is 2. The number of benzene rings is 3. The lowest BCUT2D eigenvalue weighted by Crippen LogP contribution is -1.91. The quantitative estimate of drug-likeness (QED) is 0.478. The number of aromatic hydroxyl groups is 4. The maximum Gasteiger partial charge on any atom is 0.137 e. The zero-order valence-electron chi connectivity index (χ0n) is 13.1. The second kappa shape index (κ2) is 6.39. The first-order chi connectivity index (χ1) is 11.8. The number of halogens is 2. The molecule has 0 atom stereocenters. The summed E-state index contributed by atoms with van der Waals surface area (Å²) in [7, 11) is 0. The Morgan fingerprint density at radius 2 is 1.16 bits per heavy atom. The molecule has 25 heavy (non-hydrogen) atoms. The van der Waals surface area contributed by atoms with Crippen LogP contribution in [0.3, 0.4) is 0 Å². The molecule has 0 spiro atoms. The molecule has 0 saturated carbocycles. The minimum Gasteiger partial charge on any atom is -0.507 e. The van der Waals surface area contributed by atoms with Crippen LogP contribution < -0.4 is 0 Å². The summed E-state index contributed by atoms with van der Waals surface area (Å²) in [6, 6.07) is 10.6. The third-order valence-corrected chi connectivity index (χ3v) is 4.57. The van der Waals surface area contributed by atoms with Gasteiger partial charge in [-0.25, -0.2) is 0 Å². The smallest absolute Gasteiger partial charge is 0.137 e. The van der Waals surface area contributed by atoms with E-state index in [1.54, 1.807) is 12.1 Å². The molecule has 0 radical (unpaired) electrons. The third-order valence-electron chi connectivity index (χ3n) is 3.96. The SMILES string of the molecule is Cc1cccc(-c2cc(Cl)c(O)cc2O)c1-c1cc(Cl)c(O)cc1O. The van der Waals surface area contributed by atoms with Crippen molar-refractivity contribution in [2.75, 3.05) is 0 Å². The zero-order valence-corrected chi connectivity index (χ0v) is 14.6. The van der Waals surface area contributed by atoms with Crippen molar-refractivity contribution in [1.82, 2.24) is 0 Å². The monoisotopic (exact) mass is 376 g/mol. The molecule has 0 heterocycles. The Kier molecular flexibility index (Phi) is 4.41. The van der Waals surface area contributed by atoms with Crippen molar-refractivity contribution < 1.29 is 20.4 Å². The molecule has 128 valence electrons. The van der Waals surface area contributed by atoms with Gasteiger partial charge in [-0.15, -0.1) is 0 Å². The lowest BCUT2D eigenvalue weighted by Gasteiger charge is -2.16. The van der Waals surface area contributed by atoms with Gasteiger partial charge in [-0.3, -0.25) is 0 Å². The highest BCUT2D eigenvalue weighted by Gasteiger charge is 2.19. The van der Waals surface area contributed by atoms with Crippen LogP contribution in [0.15, 0.2) is 42.5 Å². The van der Waals surface area contributed by atoms with Crippen LogP contribution in [0, 0.1) is 6.92 Å². The van der Waals surface area contributed by atoms with E-state index in [4.69, 9.17) is 23.2 Å². The topological polar surface area (TPSA) is 80.9 Å². The summed E-state index contributed by atoms with van der Waals surface area (Å²) in [4.78, 5) is 0. The largest absolute Gasteiger partial charge is 0.507 e. The summed E-state index contributed by atoms with van der Waals surface area (Å²) in [5, 5.41) is 40.0. The minimum absolute atomic E-state index is 0.0909. The second-order valence-corrected chi connectivity index (χ2v) is 6.45. The van der Waals surface area contributed by atoms with Crippen molar-refractivity contribution >= 4 is 23.2 Å². The van der Waals surface area contributed by atoms with Gasteiger partial charge in [-0.05, 0) is 35.7 Å². The van der Waals surface area contributed by atoms with Crippen LogP contribution in [0.5, 0.6) is 23.0 Å². The summed E-state index contributed by atoms with van der Waals surface area (Å²) in [5.41, 5.74) is 2.83. The molecular formula is C19H14Cl2O4. The van der Waals surface area contributed by atoms with E-state index < -0.39 is 0 Å². The lowest BCUT2D eigenvalue weighted by atomic mass is 9.90.